The van der Waals surface area contributed by atoms with Gasteiger partial charge in [0.15, 0.2) is 0 Å². The van der Waals surface area contributed by atoms with E-state index in [1.54, 1.807) is 0 Å². The number of nitrogens with one attached hydrogen (secondary N) is 1. The van der Waals surface area contributed by atoms with Crippen molar-refractivity contribution in [3.63, 3.8) is 0 Å². The summed E-state index contributed by atoms with van der Waals surface area (Å²) in [6, 6.07) is 0.332. The average Bonchev–Trinajstić information content (AvgIpc) is 2.60. The molecule has 1 aliphatic heterocycles. The first-order chi connectivity index (χ1) is 6.85. The molecule has 0 radical (unpaired) electrons. The Morgan fingerprint density at radius 1 is 1.50 bits per heavy atom. The summed E-state index contributed by atoms with van der Waals surface area (Å²) in [6.07, 6.45) is 9.31. The second-order valence-electron chi connectivity index (χ2n) is 3.73. The topological polar surface area (TPSA) is 58.3 Å². The highest BCUT2D eigenvalue weighted by molar-refractivity contribution is 5.36. The Morgan fingerprint density at radius 3 is 3.07 bits per heavy atom. The third kappa shape index (κ3) is 1.61. The van der Waals surface area contributed by atoms with Gasteiger partial charge in [-0.2, -0.15) is 0 Å². The maximum atomic E-state index is 9.13. The zero-order valence-electron chi connectivity index (χ0n) is 8.11. The molecule has 0 saturated carbocycles. The number of rotatable bonds is 3. The zero-order chi connectivity index (χ0) is 9.97. The highest BCUT2D eigenvalue weighted by Gasteiger charge is 2.27. The van der Waals surface area contributed by atoms with Gasteiger partial charge < -0.3 is 16.2 Å². The van der Waals surface area contributed by atoms with Gasteiger partial charge in [0, 0.05) is 5.92 Å². The van der Waals surface area contributed by atoms with Gasteiger partial charge in [0.2, 0.25) is 0 Å². The first-order valence-electron chi connectivity index (χ1n) is 5.00. The van der Waals surface area contributed by atoms with Crippen LogP contribution in [0.15, 0.2) is 35.6 Å². The minimum Gasteiger partial charge on any atom is -0.392 e. The van der Waals surface area contributed by atoms with Crippen molar-refractivity contribution in [2.24, 2.45) is 11.7 Å². The molecule has 0 amide bonds. The fourth-order valence-electron chi connectivity index (χ4n) is 2.02. The second-order valence-corrected chi connectivity index (χ2v) is 3.73. The molecule has 0 aromatic carbocycles. The van der Waals surface area contributed by atoms with Crippen LogP contribution in [-0.4, -0.2) is 24.3 Å². The van der Waals surface area contributed by atoms with Crippen LogP contribution < -0.4 is 11.1 Å². The van der Waals surface area contributed by atoms with Crippen LogP contribution in [0.5, 0.6) is 0 Å². The molecule has 0 fully saturated rings. The minimum absolute atomic E-state index is 0.133. The number of aliphatic hydroxyl groups is 1. The lowest BCUT2D eigenvalue weighted by atomic mass is 9.88. The molecule has 4 N–H and O–H groups in total. The van der Waals surface area contributed by atoms with Crippen molar-refractivity contribution in [3.8, 4) is 0 Å². The van der Waals surface area contributed by atoms with Crippen LogP contribution in [0.4, 0.5) is 0 Å². The summed E-state index contributed by atoms with van der Waals surface area (Å²) in [5, 5.41) is 12.4. The van der Waals surface area contributed by atoms with Crippen molar-refractivity contribution in [1.29, 1.82) is 0 Å². The summed E-state index contributed by atoms with van der Waals surface area (Å²) in [5.41, 5.74) is 7.85. The number of nitrogens with two attached hydrogens (primary N) is 1. The molecule has 2 unspecified atom stereocenters. The molecular formula is C11H16N2O. The molecule has 2 atom stereocenters. The van der Waals surface area contributed by atoms with Crippen molar-refractivity contribution >= 4 is 0 Å². The quantitative estimate of drug-likeness (QED) is 0.602. The first-order valence-corrected chi connectivity index (χ1v) is 5.00. The third-order valence-electron chi connectivity index (χ3n) is 2.80. The maximum Gasteiger partial charge on any atom is 0.0665 e. The van der Waals surface area contributed by atoms with Crippen LogP contribution in [0, 0.1) is 5.92 Å². The smallest absolute Gasteiger partial charge is 0.0665 e. The van der Waals surface area contributed by atoms with Gasteiger partial charge in [-0.3, -0.25) is 0 Å². The van der Waals surface area contributed by atoms with Crippen molar-refractivity contribution in [1.82, 2.24) is 5.32 Å². The normalized spacial score (nSPS) is 29.3. The summed E-state index contributed by atoms with van der Waals surface area (Å²) in [7, 11) is 0. The monoisotopic (exact) mass is 192 g/mol. The van der Waals surface area contributed by atoms with Crippen LogP contribution in [0.1, 0.15) is 6.42 Å². The molecule has 0 spiro atoms. The van der Waals surface area contributed by atoms with Gasteiger partial charge in [0.25, 0.3) is 0 Å². The van der Waals surface area contributed by atoms with E-state index in [0.29, 0.717) is 18.5 Å². The van der Waals surface area contributed by atoms with Crippen LogP contribution in [0.3, 0.4) is 0 Å². The molecular weight excluding hydrogens is 176 g/mol. The number of aliphatic hydroxyl groups excluding tert-OH is 1. The second kappa shape index (κ2) is 3.98. The largest absolute Gasteiger partial charge is 0.392 e. The Labute approximate surface area is 84.0 Å². The van der Waals surface area contributed by atoms with E-state index in [1.807, 2.05) is 6.20 Å². The molecule has 2 rings (SSSR count). The van der Waals surface area contributed by atoms with Crippen molar-refractivity contribution in [3.05, 3.63) is 35.6 Å². The standard InChI is InChI=1S/C11H16N2O/c12-4-3-8-1-2-11-10(5-8)9(7-14)6-13-11/h1-2,5-6,10-11,13-14H,3-4,7,12H2. The lowest BCUT2D eigenvalue weighted by Gasteiger charge is -2.21. The summed E-state index contributed by atoms with van der Waals surface area (Å²) in [6.45, 7) is 0.813. The van der Waals surface area contributed by atoms with Crippen LogP contribution >= 0.6 is 0 Å². The van der Waals surface area contributed by atoms with Crippen molar-refractivity contribution in [2.45, 2.75) is 12.5 Å². The predicted molar refractivity (Wildman–Crippen MR) is 56.5 cm³/mol. The minimum atomic E-state index is 0.133. The predicted octanol–water partition coefficient (Wildman–Crippen LogP) is 0.296. The molecule has 3 nitrogen and oxygen atoms in total. The van der Waals surface area contributed by atoms with E-state index in [2.05, 4.69) is 23.5 Å². The van der Waals surface area contributed by atoms with Gasteiger partial charge in [-0.1, -0.05) is 23.8 Å². The molecule has 0 saturated heterocycles. The highest BCUT2D eigenvalue weighted by Crippen LogP contribution is 2.28. The molecule has 76 valence electrons. The van der Waals surface area contributed by atoms with E-state index in [4.69, 9.17) is 10.8 Å². The Hall–Kier alpha value is -1.06. The Morgan fingerprint density at radius 2 is 2.36 bits per heavy atom. The molecule has 3 heteroatoms. The lowest BCUT2D eigenvalue weighted by Crippen LogP contribution is -2.26. The van der Waals surface area contributed by atoms with E-state index in [-0.39, 0.29) is 6.61 Å². The summed E-state index contributed by atoms with van der Waals surface area (Å²) in [4.78, 5) is 0. The molecule has 1 heterocycles. The average molecular weight is 192 g/mol. The van der Waals surface area contributed by atoms with Gasteiger partial charge in [0.1, 0.15) is 0 Å². The van der Waals surface area contributed by atoms with Gasteiger partial charge in [0.05, 0.1) is 12.6 Å². The maximum absolute atomic E-state index is 9.13. The number of hydrogen-bond donors (Lipinski definition) is 3. The fourth-order valence-corrected chi connectivity index (χ4v) is 2.02. The van der Waals surface area contributed by atoms with Crippen LogP contribution in [0.25, 0.3) is 0 Å². The molecule has 0 aromatic heterocycles. The van der Waals surface area contributed by atoms with Gasteiger partial charge >= 0.3 is 0 Å². The van der Waals surface area contributed by atoms with Gasteiger partial charge in [-0.25, -0.2) is 0 Å². The molecule has 14 heavy (non-hydrogen) atoms. The van der Waals surface area contributed by atoms with Crippen LogP contribution in [0.2, 0.25) is 0 Å². The molecule has 1 aliphatic carbocycles. The van der Waals surface area contributed by atoms with Gasteiger partial charge in [-0.05, 0) is 24.7 Å². The Kier molecular flexibility index (Phi) is 2.70. The van der Waals surface area contributed by atoms with E-state index in [1.165, 1.54) is 5.57 Å². The SMILES string of the molecule is NCCC1=CC2C(CO)=CNC2C=C1. The van der Waals surface area contributed by atoms with E-state index in [0.717, 1.165) is 12.0 Å². The van der Waals surface area contributed by atoms with E-state index in [9.17, 15) is 0 Å². The van der Waals surface area contributed by atoms with E-state index < -0.39 is 0 Å². The molecule has 0 aromatic rings. The number of allylic oxidation sites excluding steroid dienone is 1. The lowest BCUT2D eigenvalue weighted by molar-refractivity contribution is 0.320. The van der Waals surface area contributed by atoms with Crippen molar-refractivity contribution in [2.75, 3.05) is 13.2 Å². The fraction of sp³-hybridized carbons (Fsp3) is 0.455. The van der Waals surface area contributed by atoms with Gasteiger partial charge in [-0.15, -0.1) is 0 Å². The van der Waals surface area contributed by atoms with Crippen molar-refractivity contribution < 1.29 is 5.11 Å². The number of hydrogen-bond acceptors (Lipinski definition) is 3. The van der Waals surface area contributed by atoms with Crippen LogP contribution in [-0.2, 0) is 0 Å². The summed E-state index contributed by atoms with van der Waals surface area (Å²) in [5.74, 6) is 0.326. The zero-order valence-corrected chi connectivity index (χ0v) is 8.11. The first kappa shape index (κ1) is 9.49. The summed E-state index contributed by atoms with van der Waals surface area (Å²) < 4.78 is 0. The Bertz CT molecular complexity index is 304. The van der Waals surface area contributed by atoms with E-state index >= 15 is 0 Å². The number of fused-ring (bicyclic) bond motifs is 1. The third-order valence-corrected chi connectivity index (χ3v) is 2.80. The highest BCUT2D eigenvalue weighted by atomic mass is 16.3. The molecule has 0 bridgehead atoms. The molecule has 2 aliphatic rings. The Balaban J connectivity index is 2.13. The summed E-state index contributed by atoms with van der Waals surface area (Å²) >= 11 is 0.